The van der Waals surface area contributed by atoms with Gasteiger partial charge in [0, 0.05) is 79.5 Å². The van der Waals surface area contributed by atoms with Crippen molar-refractivity contribution in [3.63, 3.8) is 0 Å². The first kappa shape index (κ1) is 96.7. The number of amides is 9. The number of aromatic hydroxyl groups is 3. The highest BCUT2D eigenvalue weighted by Crippen LogP contribution is 2.50. The molecule has 8 aliphatic heterocycles. The number of likely N-dealkylation sites (N-methyl/N-ethyl adjacent to an activating group) is 1. The fraction of sp³-hybridized carbons (Fsp3) is 0.419. The maximum atomic E-state index is 16.4. The number of ether oxygens (including phenoxy) is 8. The third-order valence-electron chi connectivity index (χ3n) is 22.6. The van der Waals surface area contributed by atoms with Crippen molar-refractivity contribution in [3.8, 4) is 62.9 Å². The number of nitrogens with two attached hydrogens (primary N) is 1. The van der Waals surface area contributed by atoms with Crippen LogP contribution in [-0.4, -0.2) is 247 Å². The molecule has 7 aromatic rings. The number of aliphatic hydroxyl groups is 6. The molecular formula is C86H96Cl2F3N13O27. The molecule has 6 aromatic carbocycles. The second-order valence-corrected chi connectivity index (χ2v) is 33.3. The van der Waals surface area contributed by atoms with Crippen LogP contribution in [-0.2, 0) is 68.7 Å². The third-order valence-corrected chi connectivity index (χ3v) is 23.2. The molecule has 8 aliphatic rings. The Labute approximate surface area is 754 Å². The van der Waals surface area contributed by atoms with Gasteiger partial charge in [-0.25, -0.2) is 5.48 Å². The minimum atomic E-state index is -5.03. The average Bonchev–Trinajstić information content (AvgIpc) is 0.763. The number of phenolic OH excluding ortho intramolecular Hbond substituents is 3. The number of fused-ring (bicyclic) bond motifs is 15. The monoisotopic (exact) mass is 1870 g/mol. The second kappa shape index (κ2) is 41.3. The van der Waals surface area contributed by atoms with E-state index in [2.05, 4.69) is 63.1 Å². The Morgan fingerprint density at radius 3 is 2.05 bits per heavy atom. The number of hydrogen-bond acceptors (Lipinski definition) is 31. The average molecular weight is 1870 g/mol. The third kappa shape index (κ3) is 22.8. The molecule has 9 heterocycles. The number of halogens is 5. The number of nitrogens with zero attached hydrogens (tertiary/aromatic N) is 2. The summed E-state index contributed by atoms with van der Waals surface area (Å²) in [5, 5.41) is 130. The van der Waals surface area contributed by atoms with E-state index in [-0.39, 0.29) is 66.4 Å². The SMILES string of the molecule is CNC(CC(C)C)C(=O)NC1C(=O)NC(CC(N)=O)C(=O)NC2C(=O)NC3C(=O)NC(C(=O)NC(C(=O)NOCCN4CCOCC4)c4cc(O)cc(O)c4-c4cc3ccc4O)C(O)c3ccc(c(Cl)c3)Oc3cc2cc(c3OC2OC(CO)C(O)C(O)C2OC2CC(C)(NCc3cncc(C(=O)Nc4cccc(OC(F)(F)F)c4)c3)C(O)C(C)O2)Oc2ccc(cc2Cl)C1O. The minimum Gasteiger partial charge on any atom is -0.508 e. The quantitative estimate of drug-likeness (QED) is 0.0323. The molecule has 3 fully saturated rings. The molecule has 0 radical (unpaired) electrons. The standard InChI is InChI=1S/C86H96Cl2F3N13O27/c1-37(2)21-52(93-5)77(116)101-67-69(110)41-10-13-56(50(87)24-41)126-58-26-43-27-59(73(58)130-84-74(72(113)71(112)60(36-105)128-84)129-62-32-85(4,75(114)38(3)125-62)95-34-39-22-44(35-94-33-39)76(115)96-45-7-6-8-47(28-45)131-86(89,90)91)127-57-14-11-42(25-51(57)88)70(111)68-82(121)100-66(83(122)103-124-20-17-104-15-18-123-19-16-104)49-29-46(106)30-55(108)63(49)48-23-40(9-12-54(48)107)64(79(118)102-68)99-80(119)65(43)98-78(117)53(31-61(92)109)97-81(67)120/h6-14,22-30,33,35,37-38,52-53,60,62,64-72,74-75,84,93,95,105-108,110-114H,15-21,31-32,34,36H2,1-5H3,(H2,92,109)(H,96,115)(H,97,120)(H,98,117)(H,99,119)(H,100,121)(H,101,116)(H,102,118)(H,103,122). The summed E-state index contributed by atoms with van der Waals surface area (Å²) in [6, 6.07) is 5.28. The van der Waals surface area contributed by atoms with Crippen molar-refractivity contribution in [2.24, 2.45) is 11.7 Å². The Bertz CT molecular complexity index is 5460. The molecule has 702 valence electrons. The first-order valence-corrected chi connectivity index (χ1v) is 42.0. The van der Waals surface area contributed by atoms with Gasteiger partial charge in [0.1, 0.15) is 101 Å². The van der Waals surface area contributed by atoms with E-state index in [1.54, 1.807) is 20.8 Å². The van der Waals surface area contributed by atoms with Crippen molar-refractivity contribution in [2.75, 3.05) is 58.4 Å². The maximum Gasteiger partial charge on any atom is 0.573 e. The molecule has 11 bridgehead atoms. The summed E-state index contributed by atoms with van der Waals surface area (Å²) < 4.78 is 88.2. The van der Waals surface area contributed by atoms with Crippen molar-refractivity contribution in [3.05, 3.63) is 171 Å². The molecule has 18 atom stereocenters. The molecule has 9 amide bonds. The Morgan fingerprint density at radius 1 is 0.733 bits per heavy atom. The van der Waals surface area contributed by atoms with Crippen LogP contribution in [0.5, 0.6) is 51.7 Å². The molecule has 0 spiro atoms. The number of aromatic nitrogens is 1. The van der Waals surface area contributed by atoms with Gasteiger partial charge < -0.3 is 137 Å². The number of phenols is 3. The summed E-state index contributed by atoms with van der Waals surface area (Å²) >= 11 is 14.4. The van der Waals surface area contributed by atoms with Gasteiger partial charge in [-0.15, -0.1) is 13.2 Å². The van der Waals surface area contributed by atoms with Gasteiger partial charge in [-0.3, -0.25) is 57.9 Å². The van der Waals surface area contributed by atoms with Crippen LogP contribution >= 0.6 is 23.2 Å². The zero-order valence-corrected chi connectivity index (χ0v) is 72.0. The van der Waals surface area contributed by atoms with E-state index in [9.17, 15) is 78.3 Å². The summed E-state index contributed by atoms with van der Waals surface area (Å²) in [4.78, 5) is 146. The molecule has 21 N–H and O–H groups in total. The topological polar surface area (TPSA) is 581 Å². The van der Waals surface area contributed by atoms with Gasteiger partial charge in [-0.2, -0.15) is 0 Å². The van der Waals surface area contributed by atoms with Crippen molar-refractivity contribution in [2.45, 2.75) is 169 Å². The number of benzene rings is 6. The Balaban J connectivity index is 0.946. The predicted octanol–water partition coefficient (Wildman–Crippen LogP) is 2.78. The summed E-state index contributed by atoms with van der Waals surface area (Å²) in [7, 11) is 1.46. The Kier molecular flexibility index (Phi) is 30.5. The lowest BCUT2D eigenvalue weighted by Crippen LogP contribution is -2.65. The molecule has 15 rings (SSSR count). The zero-order chi connectivity index (χ0) is 94.4. The van der Waals surface area contributed by atoms with Crippen molar-refractivity contribution < 1.29 is 145 Å². The van der Waals surface area contributed by atoms with Crippen LogP contribution in [0, 0.1) is 5.92 Å². The number of hydroxylamine groups is 1. The van der Waals surface area contributed by atoms with Crippen LogP contribution in [0.2, 0.25) is 10.0 Å². The van der Waals surface area contributed by atoms with Crippen LogP contribution in [0.25, 0.3) is 11.1 Å². The molecule has 0 aliphatic carbocycles. The number of hydrogen-bond donors (Lipinski definition) is 20. The Morgan fingerprint density at radius 2 is 1.40 bits per heavy atom. The number of pyridine rings is 1. The van der Waals surface area contributed by atoms with Crippen LogP contribution < -0.4 is 78.0 Å². The van der Waals surface area contributed by atoms with Crippen LogP contribution in [0.15, 0.2) is 122 Å². The number of morpholine rings is 1. The summed E-state index contributed by atoms with van der Waals surface area (Å²) in [6.07, 6.45) is -22.4. The van der Waals surface area contributed by atoms with Gasteiger partial charge in [0.15, 0.2) is 23.9 Å². The number of aliphatic hydroxyl groups excluding tert-OH is 6. The summed E-state index contributed by atoms with van der Waals surface area (Å²) in [5.41, 5.74) is 4.08. The maximum absolute atomic E-state index is 16.4. The molecule has 131 heavy (non-hydrogen) atoms. The summed E-state index contributed by atoms with van der Waals surface area (Å²) in [6.45, 7) is 7.44. The largest absolute Gasteiger partial charge is 0.573 e. The number of primary amides is 1. The molecular weight excluding hydrogens is 1770 g/mol. The van der Waals surface area contributed by atoms with Gasteiger partial charge in [-0.05, 0) is 139 Å². The van der Waals surface area contributed by atoms with Gasteiger partial charge in [0.05, 0.1) is 66.7 Å². The molecule has 45 heteroatoms. The lowest BCUT2D eigenvalue weighted by atomic mass is 9.84. The fourth-order valence-electron chi connectivity index (χ4n) is 15.8. The minimum absolute atomic E-state index is 0.0476. The fourth-order valence-corrected chi connectivity index (χ4v) is 16.3. The number of rotatable bonds is 23. The van der Waals surface area contributed by atoms with E-state index in [0.29, 0.717) is 31.9 Å². The van der Waals surface area contributed by atoms with Gasteiger partial charge in [0.25, 0.3) is 11.8 Å². The number of carbonyl (C=O) groups excluding carboxylic acids is 9. The molecule has 1 aromatic heterocycles. The first-order chi connectivity index (χ1) is 62.2. The molecule has 3 saturated heterocycles. The normalized spacial score (nSPS) is 26.3. The van der Waals surface area contributed by atoms with Gasteiger partial charge >= 0.3 is 6.36 Å². The number of anilines is 1. The van der Waals surface area contributed by atoms with Crippen LogP contribution in [0.3, 0.4) is 0 Å². The predicted molar refractivity (Wildman–Crippen MR) is 451 cm³/mol. The van der Waals surface area contributed by atoms with Crippen molar-refractivity contribution in [1.29, 1.82) is 0 Å². The van der Waals surface area contributed by atoms with E-state index in [1.165, 1.54) is 50.6 Å². The molecule has 18 unspecified atom stereocenters. The van der Waals surface area contributed by atoms with Crippen molar-refractivity contribution >= 4 is 82.1 Å². The van der Waals surface area contributed by atoms with Gasteiger partial charge in [0.2, 0.25) is 53.4 Å². The van der Waals surface area contributed by atoms with Crippen LogP contribution in [0.1, 0.15) is 121 Å². The lowest BCUT2D eigenvalue weighted by Gasteiger charge is -2.48. The second-order valence-electron chi connectivity index (χ2n) is 32.5. The zero-order valence-electron chi connectivity index (χ0n) is 70.5. The summed E-state index contributed by atoms with van der Waals surface area (Å²) in [5.74, 6) is -17.1. The van der Waals surface area contributed by atoms with E-state index in [0.717, 1.165) is 84.9 Å². The van der Waals surface area contributed by atoms with Gasteiger partial charge in [-0.1, -0.05) is 61.3 Å². The van der Waals surface area contributed by atoms with E-state index in [4.69, 9.17) is 66.9 Å². The van der Waals surface area contributed by atoms with Crippen LogP contribution in [0.4, 0.5) is 18.9 Å². The highest BCUT2D eigenvalue weighted by Gasteiger charge is 2.53. The molecule has 0 saturated carbocycles. The highest BCUT2D eigenvalue weighted by atomic mass is 35.5. The van der Waals surface area contributed by atoms with E-state index < -0.39 is 266 Å². The lowest BCUT2D eigenvalue weighted by molar-refractivity contribution is -0.334. The van der Waals surface area contributed by atoms with Crippen molar-refractivity contribution in [1.82, 2.24) is 57.9 Å². The van der Waals surface area contributed by atoms with E-state index >= 15 is 24.0 Å². The highest BCUT2D eigenvalue weighted by molar-refractivity contribution is 6.32. The number of nitrogens with one attached hydrogen (secondary N) is 10. The number of alkyl halides is 3. The Hall–Kier alpha value is -11.9. The first-order valence-electron chi connectivity index (χ1n) is 41.3. The smallest absolute Gasteiger partial charge is 0.508 e. The number of carbonyl (C=O) groups is 9. The van der Waals surface area contributed by atoms with E-state index in [1.807, 2.05) is 4.90 Å². The molecule has 40 nitrogen and oxygen atoms in total.